The second-order valence-electron chi connectivity index (χ2n) is 4.31. The summed E-state index contributed by atoms with van der Waals surface area (Å²) < 4.78 is 0. The summed E-state index contributed by atoms with van der Waals surface area (Å²) in [6.45, 7) is 0. The van der Waals surface area contributed by atoms with Gasteiger partial charge in [-0.25, -0.2) is 5.10 Å². The van der Waals surface area contributed by atoms with Gasteiger partial charge in [0.1, 0.15) is 5.69 Å². The summed E-state index contributed by atoms with van der Waals surface area (Å²) in [5, 5.41) is 9.30. The summed E-state index contributed by atoms with van der Waals surface area (Å²) in [5.74, 6) is -0.570. The van der Waals surface area contributed by atoms with Crippen LogP contribution in [0.25, 0.3) is 10.8 Å². The highest BCUT2D eigenvalue weighted by Gasteiger charge is 2.14. The van der Waals surface area contributed by atoms with Crippen molar-refractivity contribution in [3.8, 4) is 0 Å². The number of aromatic amines is 2. The van der Waals surface area contributed by atoms with E-state index in [1.807, 2.05) is 0 Å². The molecule has 0 atom stereocenters. The molecule has 2 heterocycles. The van der Waals surface area contributed by atoms with Crippen LogP contribution in [-0.4, -0.2) is 21.1 Å². The average molecular weight is 282 g/mol. The number of hydrogen-bond donors (Lipinski definition) is 3. The second kappa shape index (κ2) is 5.04. The van der Waals surface area contributed by atoms with Gasteiger partial charge in [-0.05, 0) is 18.2 Å². The van der Waals surface area contributed by atoms with Crippen LogP contribution >= 0.6 is 0 Å². The van der Waals surface area contributed by atoms with Gasteiger partial charge in [0, 0.05) is 11.6 Å². The van der Waals surface area contributed by atoms with Crippen LogP contribution in [0.3, 0.4) is 0 Å². The fraction of sp³-hybridized carbons (Fsp3) is 0. The summed E-state index contributed by atoms with van der Waals surface area (Å²) in [6, 6.07) is 9.69. The minimum absolute atomic E-state index is 0.0495. The van der Waals surface area contributed by atoms with Gasteiger partial charge in [0.25, 0.3) is 17.0 Å². The van der Waals surface area contributed by atoms with Crippen LogP contribution in [0, 0.1) is 0 Å². The Morgan fingerprint density at radius 2 is 1.76 bits per heavy atom. The number of H-pyrrole nitrogens is 2. The second-order valence-corrected chi connectivity index (χ2v) is 4.31. The third kappa shape index (κ3) is 2.32. The van der Waals surface area contributed by atoms with E-state index in [4.69, 9.17) is 0 Å². The van der Waals surface area contributed by atoms with Crippen LogP contribution in [0.4, 0.5) is 5.69 Å². The Hall–Kier alpha value is -3.22. The number of aromatic nitrogens is 3. The first-order valence-corrected chi connectivity index (χ1v) is 6.13. The topological polar surface area (TPSA) is 108 Å². The number of benzene rings is 1. The maximum Gasteiger partial charge on any atom is 0.276 e. The van der Waals surface area contributed by atoms with Crippen LogP contribution in [-0.2, 0) is 0 Å². The van der Waals surface area contributed by atoms with Crippen molar-refractivity contribution in [3.63, 3.8) is 0 Å². The third-order valence-corrected chi connectivity index (χ3v) is 2.98. The van der Waals surface area contributed by atoms with Crippen LogP contribution in [0.2, 0.25) is 0 Å². The standard InChI is InChI=1S/C14H10N4O3/c19-12-9-5-2-1-4-8(9)11(17-18-12)14(21)16-10-6-3-7-15-13(10)20/h1-7H,(H,15,20)(H,16,21)(H,18,19). The number of anilines is 1. The lowest BCUT2D eigenvalue weighted by molar-refractivity contribution is 0.102. The molecule has 7 heteroatoms. The zero-order valence-corrected chi connectivity index (χ0v) is 10.7. The SMILES string of the molecule is O=C(Nc1ccc[nH]c1=O)c1n[nH]c(=O)c2ccccc12. The van der Waals surface area contributed by atoms with E-state index in [9.17, 15) is 14.4 Å². The fourth-order valence-corrected chi connectivity index (χ4v) is 1.99. The van der Waals surface area contributed by atoms with E-state index in [1.165, 1.54) is 12.3 Å². The van der Waals surface area contributed by atoms with Crippen LogP contribution < -0.4 is 16.4 Å². The molecule has 21 heavy (non-hydrogen) atoms. The molecule has 0 aliphatic rings. The fourth-order valence-electron chi connectivity index (χ4n) is 1.99. The molecule has 0 fully saturated rings. The van der Waals surface area contributed by atoms with Gasteiger partial charge in [0.05, 0.1) is 5.39 Å². The van der Waals surface area contributed by atoms with E-state index in [2.05, 4.69) is 20.5 Å². The Bertz CT molecular complexity index is 942. The van der Waals surface area contributed by atoms with Crippen molar-refractivity contribution in [2.75, 3.05) is 5.32 Å². The van der Waals surface area contributed by atoms with Gasteiger partial charge in [0.15, 0.2) is 5.69 Å². The van der Waals surface area contributed by atoms with Crippen molar-refractivity contribution in [2.45, 2.75) is 0 Å². The normalized spacial score (nSPS) is 10.5. The van der Waals surface area contributed by atoms with Gasteiger partial charge in [-0.3, -0.25) is 14.4 Å². The predicted octanol–water partition coefficient (Wildman–Crippen LogP) is 0.864. The summed E-state index contributed by atoms with van der Waals surface area (Å²) >= 11 is 0. The van der Waals surface area contributed by atoms with Crippen LogP contribution in [0.15, 0.2) is 52.2 Å². The molecular weight excluding hydrogens is 272 g/mol. The number of carbonyl (C=O) groups excluding carboxylic acids is 1. The van der Waals surface area contributed by atoms with Crippen LogP contribution in [0.1, 0.15) is 10.5 Å². The molecule has 0 spiro atoms. The first-order chi connectivity index (χ1) is 10.2. The molecule has 0 bridgehead atoms. The van der Waals surface area contributed by atoms with Crippen molar-refractivity contribution in [1.29, 1.82) is 0 Å². The molecule has 7 nitrogen and oxygen atoms in total. The highest BCUT2D eigenvalue weighted by atomic mass is 16.2. The molecule has 3 rings (SSSR count). The minimum atomic E-state index is -0.570. The molecule has 3 aromatic rings. The largest absolute Gasteiger partial charge is 0.327 e. The maximum atomic E-state index is 12.2. The van der Waals surface area contributed by atoms with Gasteiger partial charge in [-0.15, -0.1) is 0 Å². The molecule has 0 aliphatic heterocycles. The molecule has 2 aromatic heterocycles. The Morgan fingerprint density at radius 1 is 1.00 bits per heavy atom. The molecular formula is C14H10N4O3. The number of nitrogens with one attached hydrogen (secondary N) is 3. The van der Waals surface area contributed by atoms with Crippen molar-refractivity contribution >= 4 is 22.4 Å². The first kappa shape index (κ1) is 12.8. The van der Waals surface area contributed by atoms with E-state index in [-0.39, 0.29) is 16.9 Å². The highest BCUT2D eigenvalue weighted by molar-refractivity contribution is 6.10. The number of pyridine rings is 1. The van der Waals surface area contributed by atoms with Crippen molar-refractivity contribution < 1.29 is 4.79 Å². The summed E-state index contributed by atoms with van der Waals surface area (Å²) in [4.78, 5) is 37.9. The number of rotatable bonds is 2. The van der Waals surface area contributed by atoms with Gasteiger partial charge >= 0.3 is 0 Å². The summed E-state index contributed by atoms with van der Waals surface area (Å²) in [5.41, 5.74) is -0.632. The van der Waals surface area contributed by atoms with Gasteiger partial charge in [0.2, 0.25) is 0 Å². The smallest absolute Gasteiger partial charge is 0.276 e. The van der Waals surface area contributed by atoms with E-state index < -0.39 is 11.5 Å². The molecule has 0 unspecified atom stereocenters. The quantitative estimate of drug-likeness (QED) is 0.648. The Balaban J connectivity index is 2.07. The first-order valence-electron chi connectivity index (χ1n) is 6.13. The summed E-state index contributed by atoms with van der Waals surface area (Å²) in [6.07, 6.45) is 1.46. The van der Waals surface area contributed by atoms with Crippen molar-refractivity contribution in [2.24, 2.45) is 0 Å². The van der Waals surface area contributed by atoms with Gasteiger partial charge in [-0.2, -0.15) is 5.10 Å². The van der Waals surface area contributed by atoms with Crippen molar-refractivity contribution in [1.82, 2.24) is 15.2 Å². The maximum absolute atomic E-state index is 12.2. The molecule has 0 saturated heterocycles. The van der Waals surface area contributed by atoms with E-state index >= 15 is 0 Å². The lowest BCUT2D eigenvalue weighted by Gasteiger charge is -2.05. The average Bonchev–Trinajstić information content (AvgIpc) is 2.50. The highest BCUT2D eigenvalue weighted by Crippen LogP contribution is 2.13. The van der Waals surface area contributed by atoms with E-state index in [1.54, 1.807) is 30.3 Å². The molecule has 1 aromatic carbocycles. The molecule has 0 radical (unpaired) electrons. The Labute approximate surface area is 117 Å². The lowest BCUT2D eigenvalue weighted by Crippen LogP contribution is -2.22. The lowest BCUT2D eigenvalue weighted by atomic mass is 10.1. The number of nitrogens with zero attached hydrogens (tertiary/aromatic N) is 1. The van der Waals surface area contributed by atoms with Gasteiger partial charge < -0.3 is 10.3 Å². The zero-order valence-electron chi connectivity index (χ0n) is 10.7. The van der Waals surface area contributed by atoms with Crippen molar-refractivity contribution in [3.05, 3.63) is 69.0 Å². The predicted molar refractivity (Wildman–Crippen MR) is 77.4 cm³/mol. The number of hydrogen-bond acceptors (Lipinski definition) is 4. The molecule has 1 amide bonds. The third-order valence-electron chi connectivity index (χ3n) is 2.98. The zero-order chi connectivity index (χ0) is 14.8. The number of amides is 1. The molecule has 104 valence electrons. The van der Waals surface area contributed by atoms with Crippen LogP contribution in [0.5, 0.6) is 0 Å². The molecule has 3 N–H and O–H groups in total. The molecule has 0 saturated carbocycles. The Kier molecular flexibility index (Phi) is 3.07. The Morgan fingerprint density at radius 3 is 2.52 bits per heavy atom. The number of fused-ring (bicyclic) bond motifs is 1. The van der Waals surface area contributed by atoms with E-state index in [0.29, 0.717) is 10.8 Å². The summed E-state index contributed by atoms with van der Waals surface area (Å²) in [7, 11) is 0. The van der Waals surface area contributed by atoms with Gasteiger partial charge in [-0.1, -0.05) is 18.2 Å². The monoisotopic (exact) mass is 282 g/mol. The minimum Gasteiger partial charge on any atom is -0.327 e. The van der Waals surface area contributed by atoms with E-state index in [0.717, 1.165) is 0 Å². The molecule has 0 aliphatic carbocycles. The number of carbonyl (C=O) groups is 1.